The largest absolute Gasteiger partial charge is 0.375 e. The third-order valence-corrected chi connectivity index (χ3v) is 4.74. The molecule has 0 aromatic carbocycles. The Morgan fingerprint density at radius 1 is 1.44 bits per heavy atom. The van der Waals surface area contributed by atoms with Crippen LogP contribution in [-0.4, -0.2) is 24.5 Å². The third kappa shape index (κ3) is 3.12. The minimum absolute atomic E-state index is 0.0617. The highest BCUT2D eigenvalue weighted by molar-refractivity contribution is 5.83. The van der Waals surface area contributed by atoms with Crippen LogP contribution in [0.3, 0.4) is 0 Å². The van der Waals surface area contributed by atoms with Gasteiger partial charge in [-0.25, -0.2) is 0 Å². The zero-order valence-corrected chi connectivity index (χ0v) is 11.6. The molecule has 0 aromatic heterocycles. The van der Waals surface area contributed by atoms with Crippen LogP contribution < -0.4 is 5.73 Å². The zero-order valence-electron chi connectivity index (χ0n) is 11.6. The Balaban J connectivity index is 1.89. The van der Waals surface area contributed by atoms with Gasteiger partial charge < -0.3 is 10.5 Å². The molecule has 0 radical (unpaired) electrons. The van der Waals surface area contributed by atoms with E-state index in [1.165, 1.54) is 12.8 Å². The summed E-state index contributed by atoms with van der Waals surface area (Å²) in [7, 11) is 0. The summed E-state index contributed by atoms with van der Waals surface area (Å²) < 4.78 is 6.00. The predicted molar refractivity (Wildman–Crippen MR) is 72.3 cm³/mol. The van der Waals surface area contributed by atoms with E-state index < -0.39 is 0 Å². The van der Waals surface area contributed by atoms with E-state index in [4.69, 9.17) is 10.5 Å². The summed E-state index contributed by atoms with van der Waals surface area (Å²) in [4.78, 5) is 12.4. The molecule has 1 aliphatic carbocycles. The summed E-state index contributed by atoms with van der Waals surface area (Å²) in [6.45, 7) is 3.53. The molecule has 2 atom stereocenters. The van der Waals surface area contributed by atoms with Crippen LogP contribution in [0, 0.1) is 11.8 Å². The van der Waals surface area contributed by atoms with Crippen molar-refractivity contribution in [2.24, 2.45) is 17.6 Å². The van der Waals surface area contributed by atoms with Gasteiger partial charge in [0.1, 0.15) is 5.78 Å². The van der Waals surface area contributed by atoms with E-state index in [9.17, 15) is 4.79 Å². The number of ketones is 1. The van der Waals surface area contributed by atoms with Gasteiger partial charge in [-0.3, -0.25) is 4.79 Å². The standard InChI is InChI=1S/C15H27NO2/c1-12(5-4-9-16)14(17)13-6-10-18-15(11-13)7-2-3-8-15/h12-13H,2-11,16H2,1H3. The molecule has 2 aliphatic rings. The van der Waals surface area contributed by atoms with Crippen molar-refractivity contribution in [3.8, 4) is 0 Å². The monoisotopic (exact) mass is 253 g/mol. The third-order valence-electron chi connectivity index (χ3n) is 4.74. The number of Topliss-reactive ketones (excluding diaryl/α,β-unsaturated/α-hetero) is 1. The second kappa shape index (κ2) is 6.16. The minimum atomic E-state index is 0.0617. The summed E-state index contributed by atoms with van der Waals surface area (Å²) >= 11 is 0. The van der Waals surface area contributed by atoms with Crippen LogP contribution >= 0.6 is 0 Å². The smallest absolute Gasteiger partial charge is 0.138 e. The topological polar surface area (TPSA) is 52.3 Å². The van der Waals surface area contributed by atoms with Crippen molar-refractivity contribution < 1.29 is 9.53 Å². The molecule has 0 amide bonds. The molecule has 2 fully saturated rings. The Labute approximate surface area is 110 Å². The Hall–Kier alpha value is -0.410. The molecule has 1 heterocycles. The average Bonchev–Trinajstić information content (AvgIpc) is 2.83. The first-order chi connectivity index (χ1) is 8.67. The average molecular weight is 253 g/mol. The molecule has 104 valence electrons. The minimum Gasteiger partial charge on any atom is -0.375 e. The van der Waals surface area contributed by atoms with Gasteiger partial charge in [0.2, 0.25) is 0 Å². The first-order valence-electron chi connectivity index (χ1n) is 7.55. The Bertz CT molecular complexity index is 284. The van der Waals surface area contributed by atoms with E-state index in [1.807, 2.05) is 0 Å². The molecular weight excluding hydrogens is 226 g/mol. The molecular formula is C15H27NO2. The lowest BCUT2D eigenvalue weighted by atomic mass is 9.78. The fourth-order valence-electron chi connectivity index (χ4n) is 3.61. The molecule has 1 spiro atoms. The molecule has 0 bridgehead atoms. The van der Waals surface area contributed by atoms with Gasteiger partial charge in [-0.2, -0.15) is 0 Å². The van der Waals surface area contributed by atoms with Gasteiger partial charge in [0.15, 0.2) is 0 Å². The molecule has 1 saturated heterocycles. The van der Waals surface area contributed by atoms with Gasteiger partial charge in [-0.15, -0.1) is 0 Å². The Kier molecular flexibility index (Phi) is 4.79. The fourth-order valence-corrected chi connectivity index (χ4v) is 3.61. The second-order valence-corrected chi connectivity index (χ2v) is 6.16. The quantitative estimate of drug-likeness (QED) is 0.819. The van der Waals surface area contributed by atoms with Crippen LogP contribution in [0.1, 0.15) is 58.3 Å². The maximum atomic E-state index is 12.4. The molecule has 18 heavy (non-hydrogen) atoms. The van der Waals surface area contributed by atoms with Crippen LogP contribution in [0.2, 0.25) is 0 Å². The van der Waals surface area contributed by atoms with E-state index in [0.717, 1.165) is 45.1 Å². The molecule has 2 N–H and O–H groups in total. The maximum absolute atomic E-state index is 12.4. The summed E-state index contributed by atoms with van der Waals surface area (Å²) in [5.74, 6) is 0.873. The maximum Gasteiger partial charge on any atom is 0.138 e. The van der Waals surface area contributed by atoms with Crippen molar-refractivity contribution in [3.63, 3.8) is 0 Å². The Morgan fingerprint density at radius 2 is 2.17 bits per heavy atom. The fraction of sp³-hybridized carbons (Fsp3) is 0.933. The summed E-state index contributed by atoms with van der Waals surface area (Å²) in [6, 6.07) is 0. The van der Waals surface area contributed by atoms with E-state index in [2.05, 4.69) is 6.92 Å². The van der Waals surface area contributed by atoms with Gasteiger partial charge in [-0.1, -0.05) is 19.8 Å². The van der Waals surface area contributed by atoms with Gasteiger partial charge in [0, 0.05) is 18.4 Å². The molecule has 3 nitrogen and oxygen atoms in total. The van der Waals surface area contributed by atoms with Crippen LogP contribution in [0.15, 0.2) is 0 Å². The van der Waals surface area contributed by atoms with Crippen molar-refractivity contribution in [1.82, 2.24) is 0 Å². The lowest BCUT2D eigenvalue weighted by molar-refractivity contribution is -0.139. The van der Waals surface area contributed by atoms with E-state index in [1.54, 1.807) is 0 Å². The molecule has 1 aliphatic heterocycles. The normalized spacial score (nSPS) is 28.4. The van der Waals surface area contributed by atoms with Gasteiger partial charge in [0.25, 0.3) is 0 Å². The molecule has 3 heteroatoms. The number of carbonyl (C=O) groups is 1. The van der Waals surface area contributed by atoms with Gasteiger partial charge >= 0.3 is 0 Å². The zero-order chi connectivity index (χ0) is 13.0. The first-order valence-corrected chi connectivity index (χ1v) is 7.55. The first kappa shape index (κ1) is 14.0. The molecule has 1 saturated carbocycles. The van der Waals surface area contributed by atoms with Gasteiger partial charge in [-0.05, 0) is 45.1 Å². The molecule has 2 unspecified atom stereocenters. The van der Waals surface area contributed by atoms with Crippen molar-refractivity contribution in [2.45, 2.75) is 63.9 Å². The number of nitrogens with two attached hydrogens (primary N) is 1. The van der Waals surface area contributed by atoms with Crippen molar-refractivity contribution in [1.29, 1.82) is 0 Å². The second-order valence-electron chi connectivity index (χ2n) is 6.16. The van der Waals surface area contributed by atoms with E-state index in [0.29, 0.717) is 12.3 Å². The number of rotatable bonds is 5. The lowest BCUT2D eigenvalue weighted by Crippen LogP contribution is -2.41. The molecule has 2 rings (SSSR count). The number of ether oxygens (including phenoxy) is 1. The van der Waals surface area contributed by atoms with Crippen molar-refractivity contribution >= 4 is 5.78 Å². The highest BCUT2D eigenvalue weighted by Crippen LogP contribution is 2.42. The molecule has 0 aromatic rings. The number of hydrogen-bond donors (Lipinski definition) is 1. The van der Waals surface area contributed by atoms with E-state index >= 15 is 0 Å². The van der Waals surface area contributed by atoms with Crippen LogP contribution in [0.4, 0.5) is 0 Å². The summed E-state index contributed by atoms with van der Waals surface area (Å²) in [6.07, 6.45) is 8.66. The van der Waals surface area contributed by atoms with Crippen LogP contribution in [0.5, 0.6) is 0 Å². The van der Waals surface area contributed by atoms with Crippen LogP contribution in [0.25, 0.3) is 0 Å². The van der Waals surface area contributed by atoms with Crippen molar-refractivity contribution in [3.05, 3.63) is 0 Å². The van der Waals surface area contributed by atoms with Crippen molar-refractivity contribution in [2.75, 3.05) is 13.2 Å². The van der Waals surface area contributed by atoms with Crippen LogP contribution in [-0.2, 0) is 9.53 Å². The summed E-state index contributed by atoms with van der Waals surface area (Å²) in [5.41, 5.74) is 5.58. The Morgan fingerprint density at radius 3 is 2.83 bits per heavy atom. The highest BCUT2D eigenvalue weighted by Gasteiger charge is 2.42. The summed E-state index contributed by atoms with van der Waals surface area (Å²) in [5, 5.41) is 0. The van der Waals surface area contributed by atoms with E-state index in [-0.39, 0.29) is 17.4 Å². The number of hydrogen-bond acceptors (Lipinski definition) is 3. The van der Waals surface area contributed by atoms with Gasteiger partial charge in [0.05, 0.1) is 5.60 Å². The highest BCUT2D eigenvalue weighted by atomic mass is 16.5. The SMILES string of the molecule is CC(CCCN)C(=O)C1CCOC2(CCCC2)C1. The number of carbonyl (C=O) groups excluding carboxylic acids is 1. The lowest BCUT2D eigenvalue weighted by Gasteiger charge is -2.38. The predicted octanol–water partition coefficient (Wildman–Crippen LogP) is 2.67.